The molecule has 0 spiro atoms. The van der Waals surface area contributed by atoms with Crippen LogP contribution in [0.15, 0.2) is 55.2 Å². The van der Waals surface area contributed by atoms with Crippen molar-refractivity contribution >= 4 is 34.2 Å². The number of nitrogens with one attached hydrogen (secondary N) is 2. The quantitative estimate of drug-likeness (QED) is 0.453. The van der Waals surface area contributed by atoms with Gasteiger partial charge in [0.1, 0.15) is 23.3 Å². The number of aromatic amines is 1. The summed E-state index contributed by atoms with van der Waals surface area (Å²) in [5.74, 6) is 0.274. The summed E-state index contributed by atoms with van der Waals surface area (Å²) in [7, 11) is 0. The molecule has 0 aliphatic carbocycles. The molecule has 2 N–H and O–H groups in total. The molecule has 5 rings (SSSR count). The van der Waals surface area contributed by atoms with E-state index in [2.05, 4.69) is 25.3 Å². The predicted molar refractivity (Wildman–Crippen MR) is 109 cm³/mol. The number of anilines is 1. The Morgan fingerprint density at radius 3 is 2.93 bits per heavy atom. The molecule has 144 valence electrons. The second-order valence-corrected chi connectivity index (χ2v) is 7.05. The van der Waals surface area contributed by atoms with E-state index in [9.17, 15) is 4.39 Å². The molecule has 1 atom stereocenters. The molecular weight excluding hydrogens is 393 g/mol. The van der Waals surface area contributed by atoms with Crippen LogP contribution in [0.2, 0.25) is 5.02 Å². The molecule has 0 aliphatic heterocycles. The summed E-state index contributed by atoms with van der Waals surface area (Å²) in [5.41, 5.74) is 4.19. The molecule has 0 aliphatic rings. The smallest absolute Gasteiger partial charge is 0.162 e. The van der Waals surface area contributed by atoms with Crippen molar-refractivity contribution in [3.63, 3.8) is 0 Å². The zero-order valence-electron chi connectivity index (χ0n) is 15.3. The van der Waals surface area contributed by atoms with E-state index in [0.717, 1.165) is 17.0 Å². The van der Waals surface area contributed by atoms with Crippen LogP contribution in [0.3, 0.4) is 0 Å². The summed E-state index contributed by atoms with van der Waals surface area (Å²) in [6.45, 7) is 1.97. The highest BCUT2D eigenvalue weighted by molar-refractivity contribution is 6.30. The number of aromatic nitrogens is 6. The van der Waals surface area contributed by atoms with Crippen LogP contribution in [0.4, 0.5) is 10.2 Å². The highest BCUT2D eigenvalue weighted by Crippen LogP contribution is 2.32. The summed E-state index contributed by atoms with van der Waals surface area (Å²) in [6, 6.07) is 9.75. The molecule has 4 aromatic heterocycles. The molecule has 9 heteroatoms. The van der Waals surface area contributed by atoms with Gasteiger partial charge in [-0.1, -0.05) is 23.7 Å². The largest absolute Gasteiger partial charge is 0.360 e. The van der Waals surface area contributed by atoms with Crippen LogP contribution in [0.25, 0.3) is 28.1 Å². The van der Waals surface area contributed by atoms with Gasteiger partial charge in [0.25, 0.3) is 0 Å². The molecule has 0 fully saturated rings. The standard InChI is InChI=1S/C20H15ClFN7/c1-11(27-20-17-19(24-9-23-17)25-10-26-20)16-18(12-3-2-4-14(22)7-12)29-6-5-13(21)8-15(29)28-16/h2-11H,1H3,(H2,23,24,25,26,27). The summed E-state index contributed by atoms with van der Waals surface area (Å²) < 4.78 is 15.8. The van der Waals surface area contributed by atoms with Gasteiger partial charge in [0.2, 0.25) is 0 Å². The number of rotatable bonds is 4. The van der Waals surface area contributed by atoms with Gasteiger partial charge in [-0.15, -0.1) is 0 Å². The molecule has 7 nitrogen and oxygen atoms in total. The van der Waals surface area contributed by atoms with E-state index >= 15 is 0 Å². The van der Waals surface area contributed by atoms with Gasteiger partial charge in [-0.3, -0.25) is 4.40 Å². The van der Waals surface area contributed by atoms with Gasteiger partial charge in [0.05, 0.1) is 23.8 Å². The highest BCUT2D eigenvalue weighted by atomic mass is 35.5. The molecule has 5 aromatic rings. The number of imidazole rings is 2. The van der Waals surface area contributed by atoms with Gasteiger partial charge < -0.3 is 10.3 Å². The van der Waals surface area contributed by atoms with Gasteiger partial charge in [-0.25, -0.2) is 24.3 Å². The maximum atomic E-state index is 13.9. The number of hydrogen-bond acceptors (Lipinski definition) is 5. The van der Waals surface area contributed by atoms with E-state index in [1.165, 1.54) is 18.5 Å². The lowest BCUT2D eigenvalue weighted by atomic mass is 10.1. The number of hydrogen-bond donors (Lipinski definition) is 2. The summed E-state index contributed by atoms with van der Waals surface area (Å²) in [4.78, 5) is 20.5. The first kappa shape index (κ1) is 17.6. The predicted octanol–water partition coefficient (Wildman–Crippen LogP) is 4.63. The zero-order chi connectivity index (χ0) is 20.0. The maximum absolute atomic E-state index is 13.9. The number of halogens is 2. The fourth-order valence-electron chi connectivity index (χ4n) is 3.41. The van der Waals surface area contributed by atoms with Gasteiger partial charge in [0.15, 0.2) is 11.5 Å². The van der Waals surface area contributed by atoms with Crippen molar-refractivity contribution in [2.75, 3.05) is 5.32 Å². The Morgan fingerprint density at radius 2 is 2.07 bits per heavy atom. The third-order valence-corrected chi connectivity index (χ3v) is 4.93. The third kappa shape index (κ3) is 3.07. The molecule has 0 bridgehead atoms. The van der Waals surface area contributed by atoms with E-state index in [0.29, 0.717) is 27.7 Å². The molecule has 0 saturated carbocycles. The van der Waals surface area contributed by atoms with Gasteiger partial charge >= 0.3 is 0 Å². The highest BCUT2D eigenvalue weighted by Gasteiger charge is 2.21. The average Bonchev–Trinajstić information content (AvgIpc) is 3.32. The number of benzene rings is 1. The topological polar surface area (TPSA) is 83.8 Å². The first-order chi connectivity index (χ1) is 14.1. The SMILES string of the molecule is CC(Nc1ncnc2[nH]cnc12)c1nc2cc(Cl)ccn2c1-c1cccc(F)c1. The van der Waals surface area contributed by atoms with Crippen LogP contribution in [-0.4, -0.2) is 29.3 Å². The zero-order valence-corrected chi connectivity index (χ0v) is 16.0. The fourth-order valence-corrected chi connectivity index (χ4v) is 3.56. The van der Waals surface area contributed by atoms with E-state index < -0.39 is 0 Å². The maximum Gasteiger partial charge on any atom is 0.162 e. The minimum atomic E-state index is -0.313. The van der Waals surface area contributed by atoms with Gasteiger partial charge in [-0.2, -0.15) is 0 Å². The molecule has 4 heterocycles. The molecule has 0 saturated heterocycles. The number of H-pyrrole nitrogens is 1. The summed E-state index contributed by atoms with van der Waals surface area (Å²) in [5, 5.41) is 3.93. The minimum absolute atomic E-state index is 0.248. The lowest BCUT2D eigenvalue weighted by molar-refractivity contribution is 0.628. The molecule has 1 aromatic carbocycles. The Balaban J connectivity index is 1.65. The van der Waals surface area contributed by atoms with E-state index in [-0.39, 0.29) is 11.9 Å². The van der Waals surface area contributed by atoms with Gasteiger partial charge in [0, 0.05) is 22.8 Å². The fraction of sp³-hybridized carbons (Fsp3) is 0.100. The Bertz CT molecular complexity index is 1340. The molecule has 1 unspecified atom stereocenters. The average molecular weight is 408 g/mol. The van der Waals surface area contributed by atoms with Crippen molar-refractivity contribution < 1.29 is 4.39 Å². The van der Waals surface area contributed by atoms with Crippen LogP contribution >= 0.6 is 11.6 Å². The normalized spacial score (nSPS) is 12.5. The lowest BCUT2D eigenvalue weighted by Gasteiger charge is -2.15. The summed E-state index contributed by atoms with van der Waals surface area (Å²) in [6.07, 6.45) is 4.87. The minimum Gasteiger partial charge on any atom is -0.360 e. The number of pyridine rings is 1. The molecule has 0 amide bonds. The van der Waals surface area contributed by atoms with Crippen molar-refractivity contribution in [1.29, 1.82) is 0 Å². The van der Waals surface area contributed by atoms with Crippen molar-refractivity contribution in [1.82, 2.24) is 29.3 Å². The monoisotopic (exact) mass is 407 g/mol. The first-order valence-corrected chi connectivity index (χ1v) is 9.32. The second-order valence-electron chi connectivity index (χ2n) is 6.62. The van der Waals surface area contributed by atoms with Crippen LogP contribution in [-0.2, 0) is 0 Å². The van der Waals surface area contributed by atoms with Gasteiger partial charge in [-0.05, 0) is 25.1 Å². The summed E-state index contributed by atoms with van der Waals surface area (Å²) >= 11 is 6.16. The van der Waals surface area contributed by atoms with Crippen LogP contribution in [0, 0.1) is 5.82 Å². The van der Waals surface area contributed by atoms with E-state index in [1.54, 1.807) is 24.5 Å². The van der Waals surface area contributed by atoms with Crippen molar-refractivity contribution in [2.24, 2.45) is 0 Å². The first-order valence-electron chi connectivity index (χ1n) is 8.94. The van der Waals surface area contributed by atoms with E-state index in [4.69, 9.17) is 16.6 Å². The Kier molecular flexibility index (Phi) is 4.13. The van der Waals surface area contributed by atoms with Crippen LogP contribution in [0.1, 0.15) is 18.7 Å². The van der Waals surface area contributed by atoms with Crippen molar-refractivity contribution in [2.45, 2.75) is 13.0 Å². The molecule has 0 radical (unpaired) electrons. The van der Waals surface area contributed by atoms with Crippen molar-refractivity contribution in [3.8, 4) is 11.3 Å². The third-order valence-electron chi connectivity index (χ3n) is 4.69. The van der Waals surface area contributed by atoms with Crippen molar-refractivity contribution in [3.05, 3.63) is 71.8 Å². The Hall–Kier alpha value is -3.52. The number of fused-ring (bicyclic) bond motifs is 2. The molecule has 29 heavy (non-hydrogen) atoms. The van der Waals surface area contributed by atoms with Crippen LogP contribution in [0.5, 0.6) is 0 Å². The van der Waals surface area contributed by atoms with Crippen LogP contribution < -0.4 is 5.32 Å². The Labute approximate surface area is 169 Å². The Morgan fingerprint density at radius 1 is 1.17 bits per heavy atom. The second kappa shape index (κ2) is 6.82. The number of nitrogens with zero attached hydrogens (tertiary/aromatic N) is 5. The molecular formula is C20H15ClFN7. The van der Waals surface area contributed by atoms with E-state index in [1.807, 2.05) is 23.6 Å². The lowest BCUT2D eigenvalue weighted by Crippen LogP contribution is -2.10.